The second-order valence-electron chi connectivity index (χ2n) is 7.62. The number of hydrogen-bond acceptors (Lipinski definition) is 6. The second kappa shape index (κ2) is 6.74. The zero-order valence-corrected chi connectivity index (χ0v) is 17.4. The molecule has 1 unspecified atom stereocenters. The Balaban J connectivity index is 1.66. The molecule has 1 aliphatic rings. The fourth-order valence-corrected chi connectivity index (χ4v) is 5.04. The van der Waals surface area contributed by atoms with Crippen LogP contribution < -0.4 is 5.69 Å². The monoisotopic (exact) mass is 427 g/mol. The largest absolute Gasteiger partial charge is 0.330 e. The van der Waals surface area contributed by atoms with Gasteiger partial charge in [0, 0.05) is 26.3 Å². The minimum Gasteiger partial charge on any atom is -0.292 e. The van der Waals surface area contributed by atoms with Crippen molar-refractivity contribution in [3.63, 3.8) is 0 Å². The zero-order valence-electron chi connectivity index (χ0n) is 16.6. The van der Waals surface area contributed by atoms with Crippen LogP contribution in [0.1, 0.15) is 18.9 Å². The Morgan fingerprint density at radius 3 is 2.80 bits per heavy atom. The van der Waals surface area contributed by atoms with E-state index in [1.165, 1.54) is 15.1 Å². The van der Waals surface area contributed by atoms with E-state index in [1.54, 1.807) is 28.5 Å². The van der Waals surface area contributed by atoms with Crippen LogP contribution in [0.3, 0.4) is 0 Å². The molecule has 1 atom stereocenters. The van der Waals surface area contributed by atoms with Crippen LogP contribution >= 0.6 is 0 Å². The predicted octanol–water partition coefficient (Wildman–Crippen LogP) is 1.04. The molecular formula is C19H21N7O3S. The van der Waals surface area contributed by atoms with Gasteiger partial charge in [0.15, 0.2) is 11.5 Å². The quantitative estimate of drug-likeness (QED) is 0.484. The lowest BCUT2D eigenvalue weighted by Gasteiger charge is -2.31. The van der Waals surface area contributed by atoms with E-state index in [0.717, 1.165) is 11.1 Å². The summed E-state index contributed by atoms with van der Waals surface area (Å²) in [5.74, 6) is 0.471. The number of aryl methyl sites for hydroxylation is 1. The Morgan fingerprint density at radius 1 is 1.17 bits per heavy atom. The van der Waals surface area contributed by atoms with E-state index in [1.807, 2.05) is 24.4 Å². The highest BCUT2D eigenvalue weighted by molar-refractivity contribution is 7.88. The maximum absolute atomic E-state index is 13.0. The van der Waals surface area contributed by atoms with Crippen molar-refractivity contribution in [2.45, 2.75) is 18.9 Å². The van der Waals surface area contributed by atoms with Gasteiger partial charge in [-0.2, -0.15) is 5.10 Å². The average Bonchev–Trinajstić information content (AvgIpc) is 3.27. The topological polar surface area (TPSA) is 107 Å². The smallest absolute Gasteiger partial charge is 0.292 e. The molecule has 1 saturated heterocycles. The molecule has 1 aliphatic heterocycles. The zero-order chi connectivity index (χ0) is 21.0. The molecule has 10 nitrogen and oxygen atoms in total. The van der Waals surface area contributed by atoms with Gasteiger partial charge in [0.05, 0.1) is 35.8 Å². The van der Waals surface area contributed by atoms with Crippen LogP contribution in [-0.4, -0.2) is 60.8 Å². The molecule has 0 aromatic carbocycles. The van der Waals surface area contributed by atoms with Gasteiger partial charge in [-0.3, -0.25) is 9.13 Å². The molecule has 0 spiro atoms. The van der Waals surface area contributed by atoms with Crippen LogP contribution in [0.4, 0.5) is 0 Å². The Labute approximate surface area is 172 Å². The molecule has 5 rings (SSSR count). The number of piperidine rings is 1. The summed E-state index contributed by atoms with van der Waals surface area (Å²) in [4.78, 5) is 22.2. The first kappa shape index (κ1) is 18.9. The first-order valence-corrected chi connectivity index (χ1v) is 11.5. The van der Waals surface area contributed by atoms with Crippen LogP contribution in [0.5, 0.6) is 0 Å². The number of nitrogens with zero attached hydrogens (tertiary/aromatic N) is 7. The van der Waals surface area contributed by atoms with Crippen molar-refractivity contribution >= 4 is 26.7 Å². The lowest BCUT2D eigenvalue weighted by molar-refractivity contribution is 0.267. The lowest BCUT2D eigenvalue weighted by Crippen LogP contribution is -2.42. The van der Waals surface area contributed by atoms with Crippen molar-refractivity contribution in [1.29, 1.82) is 0 Å². The van der Waals surface area contributed by atoms with Gasteiger partial charge in [-0.1, -0.05) is 6.07 Å². The van der Waals surface area contributed by atoms with Crippen molar-refractivity contribution in [2.75, 3.05) is 19.3 Å². The van der Waals surface area contributed by atoms with Gasteiger partial charge < -0.3 is 0 Å². The van der Waals surface area contributed by atoms with Crippen LogP contribution in [0.2, 0.25) is 0 Å². The summed E-state index contributed by atoms with van der Waals surface area (Å²) in [6.45, 7) is 0.728. The normalized spacial score (nSPS) is 18.4. The summed E-state index contributed by atoms with van der Waals surface area (Å²) in [7, 11) is -1.65. The van der Waals surface area contributed by atoms with Crippen LogP contribution in [0.15, 0.2) is 41.6 Å². The summed E-state index contributed by atoms with van der Waals surface area (Å²) in [5, 5.41) is 4.34. The summed E-state index contributed by atoms with van der Waals surface area (Å²) in [6, 6.07) is 5.45. The first-order chi connectivity index (χ1) is 14.3. The number of hydrogen-bond donors (Lipinski definition) is 0. The van der Waals surface area contributed by atoms with Crippen molar-refractivity contribution in [3.05, 3.63) is 47.3 Å². The predicted molar refractivity (Wildman–Crippen MR) is 112 cm³/mol. The molecule has 0 aliphatic carbocycles. The SMILES string of the molecule is Cn1c(=O)n(C2CCCN(S(C)(=O)=O)C2)c2nc(-c3cnn4ccccc34)ncc21. The van der Waals surface area contributed by atoms with Gasteiger partial charge in [0.25, 0.3) is 0 Å². The van der Waals surface area contributed by atoms with E-state index in [4.69, 9.17) is 4.98 Å². The van der Waals surface area contributed by atoms with Gasteiger partial charge in [-0.15, -0.1) is 0 Å². The maximum atomic E-state index is 13.0. The van der Waals surface area contributed by atoms with Crippen LogP contribution in [-0.2, 0) is 17.1 Å². The molecule has 0 radical (unpaired) electrons. The molecule has 5 heterocycles. The maximum Gasteiger partial charge on any atom is 0.330 e. The fraction of sp³-hybridized carbons (Fsp3) is 0.368. The number of fused-ring (bicyclic) bond motifs is 2. The van der Waals surface area contributed by atoms with Gasteiger partial charge in [0.1, 0.15) is 5.52 Å². The Morgan fingerprint density at radius 2 is 2.00 bits per heavy atom. The standard InChI is InChI=1S/C19H21N7O3S/c1-23-16-11-20-17(14-10-21-25-9-4-3-7-15(14)25)22-18(16)26(19(23)27)13-6-5-8-24(12-13)30(2,28)29/h3-4,7,9-11,13H,5-6,8,12H2,1-2H3. The third kappa shape index (κ3) is 2.92. The van der Waals surface area contributed by atoms with Crippen LogP contribution in [0.25, 0.3) is 28.1 Å². The van der Waals surface area contributed by atoms with E-state index in [9.17, 15) is 13.2 Å². The highest BCUT2D eigenvalue weighted by Crippen LogP contribution is 2.27. The average molecular weight is 427 g/mol. The van der Waals surface area contributed by atoms with Crippen molar-refractivity contribution in [2.24, 2.45) is 7.05 Å². The van der Waals surface area contributed by atoms with Gasteiger partial charge in [0.2, 0.25) is 10.0 Å². The molecule has 156 valence electrons. The molecule has 0 bridgehead atoms. The molecule has 0 saturated carbocycles. The molecule has 30 heavy (non-hydrogen) atoms. The minimum absolute atomic E-state index is 0.225. The van der Waals surface area contributed by atoms with Crippen LogP contribution in [0, 0.1) is 0 Å². The third-order valence-corrected chi connectivity index (χ3v) is 6.96. The third-order valence-electron chi connectivity index (χ3n) is 5.69. The number of aromatic nitrogens is 6. The van der Waals surface area contributed by atoms with Gasteiger partial charge in [-0.25, -0.2) is 32.0 Å². The van der Waals surface area contributed by atoms with E-state index in [2.05, 4.69) is 10.1 Å². The van der Waals surface area contributed by atoms with Crippen molar-refractivity contribution < 1.29 is 8.42 Å². The highest BCUT2D eigenvalue weighted by Gasteiger charge is 2.30. The van der Waals surface area contributed by atoms with E-state index in [-0.39, 0.29) is 18.3 Å². The first-order valence-electron chi connectivity index (χ1n) is 9.66. The molecule has 4 aromatic rings. The minimum atomic E-state index is -3.33. The second-order valence-corrected chi connectivity index (χ2v) is 9.60. The number of rotatable bonds is 3. The Kier molecular flexibility index (Phi) is 4.26. The molecule has 4 aromatic heterocycles. The summed E-state index contributed by atoms with van der Waals surface area (Å²) in [6.07, 6.45) is 7.78. The molecule has 0 amide bonds. The molecule has 0 N–H and O–H groups in total. The molecular weight excluding hydrogens is 406 g/mol. The van der Waals surface area contributed by atoms with Crippen molar-refractivity contribution in [3.8, 4) is 11.4 Å². The summed E-state index contributed by atoms with van der Waals surface area (Å²) in [5.41, 5.74) is 2.51. The van der Waals surface area contributed by atoms with Gasteiger partial charge >= 0.3 is 5.69 Å². The molecule has 1 fully saturated rings. The molecule has 11 heteroatoms. The van der Waals surface area contributed by atoms with E-state index < -0.39 is 10.0 Å². The van der Waals surface area contributed by atoms with Gasteiger partial charge in [-0.05, 0) is 25.0 Å². The number of pyridine rings is 1. The fourth-order valence-electron chi connectivity index (χ4n) is 4.13. The van der Waals surface area contributed by atoms with E-state index >= 15 is 0 Å². The summed E-state index contributed by atoms with van der Waals surface area (Å²) < 4.78 is 30.4. The Bertz CT molecular complexity index is 1430. The highest BCUT2D eigenvalue weighted by atomic mass is 32.2. The lowest BCUT2D eigenvalue weighted by atomic mass is 10.1. The van der Waals surface area contributed by atoms with E-state index in [0.29, 0.717) is 36.4 Å². The van der Waals surface area contributed by atoms with Crippen molar-refractivity contribution in [1.82, 2.24) is 33.0 Å². The number of imidazole rings is 1. The summed E-state index contributed by atoms with van der Waals surface area (Å²) >= 11 is 0. The number of sulfonamides is 1. The Hall–Kier alpha value is -3.05.